The van der Waals surface area contributed by atoms with Gasteiger partial charge in [-0.1, -0.05) is 12.1 Å². The zero-order valence-corrected chi connectivity index (χ0v) is 14.5. The van der Waals surface area contributed by atoms with Gasteiger partial charge in [-0.3, -0.25) is 4.68 Å². The molecule has 0 bridgehead atoms. The Morgan fingerprint density at radius 1 is 1.15 bits per heavy atom. The van der Waals surface area contributed by atoms with E-state index >= 15 is 0 Å². The molecule has 142 valence electrons. The minimum Gasteiger partial charge on any atom is -0.497 e. The Kier molecular flexibility index (Phi) is 4.37. The second kappa shape index (κ2) is 6.71. The number of hydrogen-bond donors (Lipinski definition) is 0. The summed E-state index contributed by atoms with van der Waals surface area (Å²) in [6.07, 6.45) is -2.30. The van der Waals surface area contributed by atoms with Gasteiger partial charge in [-0.15, -0.1) is 10.2 Å². The van der Waals surface area contributed by atoms with Crippen LogP contribution in [0.3, 0.4) is 0 Å². The molecule has 3 aromatic rings. The SMILES string of the molecule is COc1ccc(Cc2nnc(Cn3nc(C(F)(F)F)cc3C3CC3)o2)cc1. The molecule has 0 aliphatic heterocycles. The molecule has 27 heavy (non-hydrogen) atoms. The predicted octanol–water partition coefficient (Wildman–Crippen LogP) is 3.81. The average Bonchev–Trinajstić information content (AvgIpc) is 3.24. The first kappa shape index (κ1) is 17.6. The van der Waals surface area contributed by atoms with Crippen LogP contribution in [0.5, 0.6) is 5.75 Å². The van der Waals surface area contributed by atoms with E-state index in [4.69, 9.17) is 9.15 Å². The van der Waals surface area contributed by atoms with E-state index in [0.717, 1.165) is 30.2 Å². The van der Waals surface area contributed by atoms with Crippen molar-refractivity contribution in [3.8, 4) is 5.75 Å². The van der Waals surface area contributed by atoms with Crippen LogP contribution in [0.15, 0.2) is 34.7 Å². The van der Waals surface area contributed by atoms with E-state index < -0.39 is 11.9 Å². The molecule has 0 radical (unpaired) electrons. The van der Waals surface area contributed by atoms with Gasteiger partial charge < -0.3 is 9.15 Å². The number of halogens is 3. The highest BCUT2D eigenvalue weighted by atomic mass is 19.4. The minimum atomic E-state index is -4.47. The van der Waals surface area contributed by atoms with Crippen molar-refractivity contribution in [1.82, 2.24) is 20.0 Å². The molecule has 9 heteroatoms. The second-order valence-corrected chi connectivity index (χ2v) is 6.50. The van der Waals surface area contributed by atoms with Crippen LogP contribution in [0.1, 0.15) is 47.5 Å². The topological polar surface area (TPSA) is 66.0 Å². The van der Waals surface area contributed by atoms with Crippen molar-refractivity contribution < 1.29 is 22.3 Å². The van der Waals surface area contributed by atoms with Gasteiger partial charge >= 0.3 is 6.18 Å². The molecule has 1 aliphatic carbocycles. The van der Waals surface area contributed by atoms with E-state index in [1.54, 1.807) is 7.11 Å². The molecule has 0 atom stereocenters. The number of benzene rings is 1. The van der Waals surface area contributed by atoms with Crippen molar-refractivity contribution in [2.75, 3.05) is 7.11 Å². The summed E-state index contributed by atoms with van der Waals surface area (Å²) in [7, 11) is 1.59. The molecule has 1 fully saturated rings. The Morgan fingerprint density at radius 2 is 1.85 bits per heavy atom. The highest BCUT2D eigenvalue weighted by Gasteiger charge is 2.38. The monoisotopic (exact) mass is 378 g/mol. The number of nitrogens with zero attached hydrogens (tertiary/aromatic N) is 4. The van der Waals surface area contributed by atoms with Crippen LogP contribution in [-0.4, -0.2) is 27.1 Å². The third-order valence-corrected chi connectivity index (χ3v) is 4.41. The molecule has 0 spiro atoms. The lowest BCUT2D eigenvalue weighted by Gasteiger charge is -2.03. The van der Waals surface area contributed by atoms with Crippen molar-refractivity contribution in [3.05, 3.63) is 59.1 Å². The van der Waals surface area contributed by atoms with Crippen LogP contribution < -0.4 is 4.74 Å². The maximum absolute atomic E-state index is 13.0. The first-order valence-electron chi connectivity index (χ1n) is 8.51. The van der Waals surface area contributed by atoms with Crippen LogP contribution in [0.4, 0.5) is 13.2 Å². The first-order valence-corrected chi connectivity index (χ1v) is 8.51. The van der Waals surface area contributed by atoms with E-state index in [1.807, 2.05) is 24.3 Å². The molecule has 4 rings (SSSR count). The van der Waals surface area contributed by atoms with Gasteiger partial charge in [0.2, 0.25) is 11.8 Å². The van der Waals surface area contributed by atoms with Crippen LogP contribution in [0.2, 0.25) is 0 Å². The summed E-state index contributed by atoms with van der Waals surface area (Å²) in [4.78, 5) is 0. The van der Waals surface area contributed by atoms with Gasteiger partial charge in [-0.2, -0.15) is 18.3 Å². The van der Waals surface area contributed by atoms with Gasteiger partial charge in [-0.05, 0) is 36.6 Å². The number of aromatic nitrogens is 4. The van der Waals surface area contributed by atoms with E-state index in [-0.39, 0.29) is 18.4 Å². The molecular weight excluding hydrogens is 361 g/mol. The zero-order chi connectivity index (χ0) is 19.0. The van der Waals surface area contributed by atoms with Crippen molar-refractivity contribution >= 4 is 0 Å². The molecule has 0 amide bonds. The first-order chi connectivity index (χ1) is 12.9. The molecule has 2 heterocycles. The molecule has 1 aliphatic rings. The Bertz CT molecular complexity index is 927. The predicted molar refractivity (Wildman–Crippen MR) is 88.4 cm³/mol. The van der Waals surface area contributed by atoms with Gasteiger partial charge in [-0.25, -0.2) is 0 Å². The molecule has 0 N–H and O–H groups in total. The Hall–Kier alpha value is -2.84. The van der Waals surface area contributed by atoms with Crippen LogP contribution in [0, 0.1) is 0 Å². The standard InChI is InChI=1S/C18H17F3N4O2/c1-26-13-6-2-11(3-7-13)8-16-22-23-17(27-16)10-25-14(12-4-5-12)9-15(24-25)18(19,20)21/h2-3,6-7,9,12H,4-5,8,10H2,1H3. The maximum atomic E-state index is 13.0. The van der Waals surface area contributed by atoms with Gasteiger partial charge in [0.05, 0.1) is 13.5 Å². The Labute approximate surface area is 153 Å². The van der Waals surface area contributed by atoms with Crippen molar-refractivity contribution in [3.63, 3.8) is 0 Å². The van der Waals surface area contributed by atoms with Crippen molar-refractivity contribution in [2.24, 2.45) is 0 Å². The molecule has 0 unspecified atom stereocenters. The lowest BCUT2D eigenvalue weighted by atomic mass is 10.1. The lowest BCUT2D eigenvalue weighted by molar-refractivity contribution is -0.141. The summed E-state index contributed by atoms with van der Waals surface area (Å²) in [6.45, 7) is 0.0253. The normalized spacial score (nSPS) is 14.5. The molecule has 2 aromatic heterocycles. The van der Waals surface area contributed by atoms with Crippen molar-refractivity contribution in [2.45, 2.75) is 37.9 Å². The fourth-order valence-corrected chi connectivity index (χ4v) is 2.87. The van der Waals surface area contributed by atoms with E-state index in [0.29, 0.717) is 18.0 Å². The van der Waals surface area contributed by atoms with Crippen LogP contribution in [0.25, 0.3) is 0 Å². The van der Waals surface area contributed by atoms with E-state index in [1.165, 1.54) is 4.68 Å². The van der Waals surface area contributed by atoms with E-state index in [2.05, 4.69) is 15.3 Å². The molecule has 1 aromatic carbocycles. The van der Waals surface area contributed by atoms with Crippen LogP contribution >= 0.6 is 0 Å². The zero-order valence-electron chi connectivity index (χ0n) is 14.5. The van der Waals surface area contributed by atoms with Gasteiger partial charge in [0.15, 0.2) is 5.69 Å². The number of alkyl halides is 3. The summed E-state index contributed by atoms with van der Waals surface area (Å²) >= 11 is 0. The molecular formula is C18H17F3N4O2. The fourth-order valence-electron chi connectivity index (χ4n) is 2.87. The van der Waals surface area contributed by atoms with Crippen molar-refractivity contribution in [1.29, 1.82) is 0 Å². The third-order valence-electron chi connectivity index (χ3n) is 4.41. The second-order valence-electron chi connectivity index (χ2n) is 6.50. The number of hydrogen-bond acceptors (Lipinski definition) is 5. The number of methoxy groups -OCH3 is 1. The average molecular weight is 378 g/mol. The van der Waals surface area contributed by atoms with Crippen LogP contribution in [-0.2, 0) is 19.1 Å². The quantitative estimate of drug-likeness (QED) is 0.653. The summed E-state index contributed by atoms with van der Waals surface area (Å²) in [5, 5.41) is 11.6. The molecule has 1 saturated carbocycles. The third kappa shape index (κ3) is 3.96. The summed E-state index contributed by atoms with van der Waals surface area (Å²) < 4.78 is 50.9. The smallest absolute Gasteiger partial charge is 0.435 e. The number of rotatable bonds is 6. The maximum Gasteiger partial charge on any atom is 0.435 e. The highest BCUT2D eigenvalue weighted by Crippen LogP contribution is 2.42. The summed E-state index contributed by atoms with van der Waals surface area (Å²) in [5.74, 6) is 1.50. The minimum absolute atomic E-state index is 0.0253. The Balaban J connectivity index is 1.50. The molecule has 0 saturated heterocycles. The molecule has 6 nitrogen and oxygen atoms in total. The lowest BCUT2D eigenvalue weighted by Crippen LogP contribution is -2.09. The largest absolute Gasteiger partial charge is 0.497 e. The summed E-state index contributed by atoms with van der Waals surface area (Å²) in [5.41, 5.74) is 0.641. The van der Waals surface area contributed by atoms with Gasteiger partial charge in [0, 0.05) is 11.6 Å². The summed E-state index contributed by atoms with van der Waals surface area (Å²) in [6, 6.07) is 8.55. The van der Waals surface area contributed by atoms with E-state index in [9.17, 15) is 13.2 Å². The van der Waals surface area contributed by atoms with Gasteiger partial charge in [0.1, 0.15) is 12.3 Å². The highest BCUT2D eigenvalue weighted by molar-refractivity contribution is 5.28. The Morgan fingerprint density at radius 3 is 2.48 bits per heavy atom. The fraction of sp³-hybridized carbons (Fsp3) is 0.389. The number of ether oxygens (including phenoxy) is 1. The van der Waals surface area contributed by atoms with Gasteiger partial charge in [0.25, 0.3) is 0 Å².